The molecule has 1 aliphatic rings. The summed E-state index contributed by atoms with van der Waals surface area (Å²) in [5, 5.41) is 4.99. The first kappa shape index (κ1) is 12.7. The molecule has 3 rings (SSSR count). The fraction of sp³-hybridized carbons (Fsp3) is 0.500. The normalized spacial score (nSPS) is 21.1. The van der Waals surface area contributed by atoms with Crippen molar-refractivity contribution in [1.29, 1.82) is 0 Å². The van der Waals surface area contributed by atoms with Crippen LogP contribution in [0.4, 0.5) is 0 Å². The molecule has 0 aliphatic carbocycles. The van der Waals surface area contributed by atoms with E-state index in [1.165, 1.54) is 27.7 Å². The van der Waals surface area contributed by atoms with Gasteiger partial charge in [0.25, 0.3) is 0 Å². The maximum absolute atomic E-state index is 3.62. The van der Waals surface area contributed by atoms with Gasteiger partial charge in [0, 0.05) is 42.3 Å². The van der Waals surface area contributed by atoms with Crippen LogP contribution in [-0.4, -0.2) is 42.6 Å². The van der Waals surface area contributed by atoms with Crippen LogP contribution in [-0.2, 0) is 6.42 Å². The molecule has 0 spiro atoms. The number of hydrogen-bond acceptors (Lipinski definition) is 2. The van der Waals surface area contributed by atoms with Crippen LogP contribution in [0.3, 0.4) is 0 Å². The minimum absolute atomic E-state index is 0.580. The molecule has 102 valence electrons. The lowest BCUT2D eigenvalue weighted by Crippen LogP contribution is -2.49. The van der Waals surface area contributed by atoms with Gasteiger partial charge < -0.3 is 15.2 Å². The first-order valence-electron chi connectivity index (χ1n) is 7.13. The van der Waals surface area contributed by atoms with E-state index in [4.69, 9.17) is 0 Å². The molecule has 1 fully saturated rings. The monoisotopic (exact) mass is 257 g/mol. The highest BCUT2D eigenvalue weighted by Gasteiger charge is 2.17. The van der Waals surface area contributed by atoms with Gasteiger partial charge in [-0.05, 0) is 50.6 Å². The van der Waals surface area contributed by atoms with Gasteiger partial charge in [-0.2, -0.15) is 0 Å². The van der Waals surface area contributed by atoms with Gasteiger partial charge in [0.15, 0.2) is 0 Å². The Hall–Kier alpha value is -1.32. The maximum Gasteiger partial charge on any atom is 0.0458 e. The zero-order valence-corrected chi connectivity index (χ0v) is 12.1. The minimum atomic E-state index is 0.580. The first-order chi connectivity index (χ1) is 9.13. The van der Waals surface area contributed by atoms with Crippen LogP contribution >= 0.6 is 0 Å². The number of H-pyrrole nitrogens is 1. The van der Waals surface area contributed by atoms with Crippen LogP contribution < -0.4 is 5.32 Å². The predicted octanol–water partition coefficient (Wildman–Crippen LogP) is 2.23. The summed E-state index contributed by atoms with van der Waals surface area (Å²) >= 11 is 0. The summed E-state index contributed by atoms with van der Waals surface area (Å²) in [6.07, 6.45) is 1.12. The second-order valence-corrected chi connectivity index (χ2v) is 5.87. The van der Waals surface area contributed by atoms with Crippen LogP contribution in [0, 0.1) is 13.8 Å². The Balaban J connectivity index is 1.83. The summed E-state index contributed by atoms with van der Waals surface area (Å²) in [6.45, 7) is 7.75. The van der Waals surface area contributed by atoms with Crippen molar-refractivity contribution in [3.05, 3.63) is 35.0 Å². The van der Waals surface area contributed by atoms with Crippen molar-refractivity contribution in [3.8, 4) is 0 Å². The summed E-state index contributed by atoms with van der Waals surface area (Å²) in [5.74, 6) is 0. The number of hydrogen-bond donors (Lipinski definition) is 2. The number of aryl methyl sites for hydroxylation is 2. The lowest BCUT2D eigenvalue weighted by atomic mass is 10.0. The van der Waals surface area contributed by atoms with E-state index in [9.17, 15) is 0 Å². The van der Waals surface area contributed by atoms with Gasteiger partial charge in [-0.15, -0.1) is 0 Å². The molecular formula is C16H23N3. The van der Waals surface area contributed by atoms with E-state index in [-0.39, 0.29) is 0 Å². The summed E-state index contributed by atoms with van der Waals surface area (Å²) in [4.78, 5) is 5.85. The van der Waals surface area contributed by atoms with Crippen LogP contribution in [0.5, 0.6) is 0 Å². The molecule has 0 saturated carbocycles. The van der Waals surface area contributed by atoms with Crippen LogP contribution in [0.1, 0.15) is 16.8 Å². The molecule has 0 bridgehead atoms. The molecule has 3 heteroatoms. The molecule has 1 saturated heterocycles. The van der Waals surface area contributed by atoms with E-state index in [1.54, 1.807) is 0 Å². The number of nitrogens with zero attached hydrogens (tertiary/aromatic N) is 1. The molecular weight excluding hydrogens is 234 g/mol. The highest BCUT2D eigenvalue weighted by molar-refractivity contribution is 5.85. The lowest BCUT2D eigenvalue weighted by molar-refractivity contribution is 0.238. The van der Waals surface area contributed by atoms with E-state index in [0.29, 0.717) is 6.04 Å². The predicted molar refractivity (Wildman–Crippen MR) is 80.8 cm³/mol. The Morgan fingerprint density at radius 3 is 2.95 bits per heavy atom. The van der Waals surface area contributed by atoms with Gasteiger partial charge in [-0.3, -0.25) is 0 Å². The molecule has 0 radical (unpaired) electrons. The molecule has 1 aromatic heterocycles. The van der Waals surface area contributed by atoms with E-state index in [1.807, 2.05) is 0 Å². The van der Waals surface area contributed by atoms with Gasteiger partial charge in [0.05, 0.1) is 0 Å². The fourth-order valence-corrected chi connectivity index (χ4v) is 3.05. The van der Waals surface area contributed by atoms with Gasteiger partial charge in [0.1, 0.15) is 0 Å². The summed E-state index contributed by atoms with van der Waals surface area (Å²) in [6, 6.07) is 7.41. The van der Waals surface area contributed by atoms with Crippen LogP contribution in [0.25, 0.3) is 10.9 Å². The molecule has 0 amide bonds. The number of piperazine rings is 1. The molecule has 19 heavy (non-hydrogen) atoms. The van der Waals surface area contributed by atoms with Crippen molar-refractivity contribution >= 4 is 10.9 Å². The minimum Gasteiger partial charge on any atom is -0.358 e. The van der Waals surface area contributed by atoms with E-state index >= 15 is 0 Å². The molecule has 1 atom stereocenters. The number of fused-ring (bicyclic) bond motifs is 1. The van der Waals surface area contributed by atoms with Crippen molar-refractivity contribution in [2.75, 3.05) is 26.7 Å². The average molecular weight is 257 g/mol. The van der Waals surface area contributed by atoms with Crippen LogP contribution in [0.15, 0.2) is 18.2 Å². The molecule has 3 nitrogen and oxygen atoms in total. The number of aromatic nitrogens is 1. The Labute approximate surface area is 115 Å². The number of benzene rings is 1. The zero-order valence-electron chi connectivity index (χ0n) is 12.1. The fourth-order valence-electron chi connectivity index (χ4n) is 3.05. The molecule has 2 heterocycles. The summed E-state index contributed by atoms with van der Waals surface area (Å²) in [7, 11) is 2.21. The van der Waals surface area contributed by atoms with Crippen LogP contribution in [0.2, 0.25) is 0 Å². The number of aromatic amines is 1. The second kappa shape index (κ2) is 4.99. The van der Waals surface area contributed by atoms with Crippen molar-refractivity contribution in [2.45, 2.75) is 26.3 Å². The van der Waals surface area contributed by atoms with Crippen molar-refractivity contribution in [2.24, 2.45) is 0 Å². The number of nitrogens with one attached hydrogen (secondary N) is 2. The average Bonchev–Trinajstić information content (AvgIpc) is 2.66. The Bertz CT molecular complexity index is 585. The van der Waals surface area contributed by atoms with Gasteiger partial charge in [-0.25, -0.2) is 0 Å². The van der Waals surface area contributed by atoms with Crippen molar-refractivity contribution in [3.63, 3.8) is 0 Å². The largest absolute Gasteiger partial charge is 0.358 e. The highest BCUT2D eigenvalue weighted by Crippen LogP contribution is 2.23. The zero-order chi connectivity index (χ0) is 13.4. The smallest absolute Gasteiger partial charge is 0.0458 e. The van der Waals surface area contributed by atoms with E-state index in [2.05, 4.69) is 54.3 Å². The lowest BCUT2D eigenvalue weighted by Gasteiger charge is -2.31. The third-order valence-corrected chi connectivity index (χ3v) is 4.31. The molecule has 2 aromatic rings. The van der Waals surface area contributed by atoms with Gasteiger partial charge >= 0.3 is 0 Å². The SMILES string of the molecule is Cc1[nH]c2ccc(CC3CN(C)CCN3)cc2c1C. The number of rotatable bonds is 2. The summed E-state index contributed by atoms with van der Waals surface area (Å²) in [5.41, 5.74) is 5.35. The molecule has 1 aliphatic heterocycles. The van der Waals surface area contributed by atoms with Crippen molar-refractivity contribution < 1.29 is 0 Å². The van der Waals surface area contributed by atoms with E-state index in [0.717, 1.165) is 26.1 Å². The molecule has 1 unspecified atom stereocenters. The Morgan fingerprint density at radius 2 is 2.16 bits per heavy atom. The standard InChI is InChI=1S/C16H23N3/c1-11-12(2)18-16-5-4-13(9-15(11)16)8-14-10-19(3)7-6-17-14/h4-5,9,14,17-18H,6-8,10H2,1-3H3. The third-order valence-electron chi connectivity index (χ3n) is 4.31. The third kappa shape index (κ3) is 2.53. The van der Waals surface area contributed by atoms with Gasteiger partial charge in [-0.1, -0.05) is 6.07 Å². The highest BCUT2D eigenvalue weighted by atomic mass is 15.2. The topological polar surface area (TPSA) is 31.1 Å². The molecule has 1 aromatic carbocycles. The first-order valence-corrected chi connectivity index (χ1v) is 7.13. The Morgan fingerprint density at radius 1 is 1.32 bits per heavy atom. The quantitative estimate of drug-likeness (QED) is 0.864. The Kier molecular flexibility index (Phi) is 3.33. The summed E-state index contributed by atoms with van der Waals surface area (Å²) < 4.78 is 0. The van der Waals surface area contributed by atoms with Gasteiger partial charge in [0.2, 0.25) is 0 Å². The number of likely N-dealkylation sites (N-methyl/N-ethyl adjacent to an activating group) is 1. The van der Waals surface area contributed by atoms with Crippen molar-refractivity contribution in [1.82, 2.24) is 15.2 Å². The molecule has 2 N–H and O–H groups in total. The van der Waals surface area contributed by atoms with E-state index < -0.39 is 0 Å². The maximum atomic E-state index is 3.62. The second-order valence-electron chi connectivity index (χ2n) is 5.87.